The van der Waals surface area contributed by atoms with Crippen LogP contribution in [0, 0.1) is 11.3 Å². The van der Waals surface area contributed by atoms with Crippen molar-refractivity contribution in [2.45, 2.75) is 19.3 Å². The summed E-state index contributed by atoms with van der Waals surface area (Å²) in [7, 11) is -3.27. The number of aliphatic hydroxyl groups excluding tert-OH is 1. The van der Waals surface area contributed by atoms with Crippen molar-refractivity contribution in [2.75, 3.05) is 39.0 Å². The van der Waals surface area contributed by atoms with E-state index in [-0.39, 0.29) is 18.4 Å². The average molecular weight is 366 g/mol. The van der Waals surface area contributed by atoms with Crippen LogP contribution in [0.25, 0.3) is 0 Å². The molecule has 2 saturated heterocycles. The topological polar surface area (TPSA) is 77.9 Å². The molecule has 0 unspecified atom stereocenters. The molecule has 2 fully saturated rings. The normalized spacial score (nSPS) is 27.3. The Morgan fingerprint density at radius 3 is 2.64 bits per heavy atom. The van der Waals surface area contributed by atoms with Crippen molar-refractivity contribution < 1.29 is 18.3 Å². The first-order valence-corrected chi connectivity index (χ1v) is 10.6. The maximum absolute atomic E-state index is 12.6. The molecular weight excluding hydrogens is 340 g/mol. The Labute approximate surface area is 149 Å². The molecule has 0 aromatic heterocycles. The van der Waals surface area contributed by atoms with Crippen molar-refractivity contribution in [2.24, 2.45) is 11.3 Å². The van der Waals surface area contributed by atoms with Gasteiger partial charge >= 0.3 is 0 Å². The van der Waals surface area contributed by atoms with Crippen LogP contribution < -0.4 is 0 Å². The van der Waals surface area contributed by atoms with Gasteiger partial charge in [0.1, 0.15) is 0 Å². The molecule has 2 atom stereocenters. The molecule has 1 N–H and O–H groups in total. The van der Waals surface area contributed by atoms with E-state index in [0.29, 0.717) is 39.0 Å². The van der Waals surface area contributed by atoms with E-state index in [2.05, 4.69) is 0 Å². The molecule has 25 heavy (non-hydrogen) atoms. The predicted molar refractivity (Wildman–Crippen MR) is 95.4 cm³/mol. The summed E-state index contributed by atoms with van der Waals surface area (Å²) in [6, 6.07) is 9.90. The van der Waals surface area contributed by atoms with Crippen molar-refractivity contribution in [3.05, 3.63) is 35.9 Å². The lowest BCUT2D eigenvalue weighted by Gasteiger charge is -2.43. The zero-order chi connectivity index (χ0) is 18.1. The fourth-order valence-electron chi connectivity index (χ4n) is 4.08. The van der Waals surface area contributed by atoms with Crippen molar-refractivity contribution in [3.8, 4) is 0 Å². The molecule has 1 aromatic carbocycles. The Balaban J connectivity index is 1.65. The van der Waals surface area contributed by atoms with Crippen molar-refractivity contribution in [1.29, 1.82) is 0 Å². The highest BCUT2D eigenvalue weighted by Gasteiger charge is 2.52. The largest absolute Gasteiger partial charge is 0.396 e. The van der Waals surface area contributed by atoms with E-state index in [0.717, 1.165) is 12.0 Å². The number of benzene rings is 1. The molecule has 6 nitrogen and oxygen atoms in total. The van der Waals surface area contributed by atoms with Gasteiger partial charge in [-0.2, -0.15) is 0 Å². The van der Waals surface area contributed by atoms with Crippen LogP contribution in [-0.4, -0.2) is 67.7 Å². The lowest BCUT2D eigenvalue weighted by Crippen LogP contribution is -2.52. The number of hydrogen-bond donors (Lipinski definition) is 1. The predicted octanol–water partition coefficient (Wildman–Crippen LogP) is 0.722. The highest BCUT2D eigenvalue weighted by Crippen LogP contribution is 2.42. The summed E-state index contributed by atoms with van der Waals surface area (Å²) in [4.78, 5) is 14.4. The smallest absolute Gasteiger partial charge is 0.222 e. The Morgan fingerprint density at radius 1 is 1.28 bits per heavy atom. The zero-order valence-corrected chi connectivity index (χ0v) is 15.4. The summed E-state index contributed by atoms with van der Waals surface area (Å²) >= 11 is 0. The van der Waals surface area contributed by atoms with E-state index in [1.165, 1.54) is 10.6 Å². The van der Waals surface area contributed by atoms with Crippen LogP contribution in [0.3, 0.4) is 0 Å². The van der Waals surface area contributed by atoms with Crippen molar-refractivity contribution >= 4 is 15.9 Å². The number of carbonyl (C=O) groups is 1. The molecule has 0 saturated carbocycles. The fourth-order valence-corrected chi connectivity index (χ4v) is 5.02. The molecule has 0 aliphatic carbocycles. The molecule has 0 spiro atoms. The van der Waals surface area contributed by atoms with Crippen LogP contribution in [0.5, 0.6) is 0 Å². The first kappa shape index (κ1) is 18.4. The second kappa shape index (κ2) is 7.05. The quantitative estimate of drug-likeness (QED) is 0.833. The minimum atomic E-state index is -3.27. The third-order valence-corrected chi connectivity index (χ3v) is 6.86. The minimum Gasteiger partial charge on any atom is -0.396 e. The van der Waals surface area contributed by atoms with Gasteiger partial charge in [-0.3, -0.25) is 4.79 Å². The van der Waals surface area contributed by atoms with E-state index in [1.54, 1.807) is 4.90 Å². The Morgan fingerprint density at radius 2 is 2.00 bits per heavy atom. The number of carbonyl (C=O) groups excluding carboxylic acids is 1. The number of aryl methyl sites for hydroxylation is 1. The van der Waals surface area contributed by atoms with Crippen molar-refractivity contribution in [1.82, 2.24) is 9.21 Å². The van der Waals surface area contributed by atoms with Crippen LogP contribution in [-0.2, 0) is 21.2 Å². The van der Waals surface area contributed by atoms with Gasteiger partial charge in [0, 0.05) is 38.0 Å². The van der Waals surface area contributed by atoms with Gasteiger partial charge in [-0.05, 0) is 24.3 Å². The van der Waals surface area contributed by atoms with Gasteiger partial charge in [0.05, 0.1) is 12.9 Å². The third kappa shape index (κ3) is 3.88. The number of rotatable bonds is 5. The van der Waals surface area contributed by atoms with E-state index >= 15 is 0 Å². The SMILES string of the molecule is CS(=O)(=O)N1C[C@H]2CCN(C(=O)CCc3ccccc3)C[C@@]2(CO)C1. The van der Waals surface area contributed by atoms with Crippen LogP contribution in [0.2, 0.25) is 0 Å². The second-order valence-corrected chi connectivity index (χ2v) is 9.34. The highest BCUT2D eigenvalue weighted by molar-refractivity contribution is 7.88. The Kier molecular flexibility index (Phi) is 5.18. The molecule has 1 amide bonds. The van der Waals surface area contributed by atoms with E-state index in [4.69, 9.17) is 0 Å². The van der Waals surface area contributed by atoms with Crippen molar-refractivity contribution in [3.63, 3.8) is 0 Å². The van der Waals surface area contributed by atoms with Crippen LogP contribution >= 0.6 is 0 Å². The molecule has 7 heteroatoms. The van der Waals surface area contributed by atoms with Crippen LogP contribution in [0.15, 0.2) is 30.3 Å². The van der Waals surface area contributed by atoms with Gasteiger partial charge in [0.2, 0.25) is 15.9 Å². The van der Waals surface area contributed by atoms with Gasteiger partial charge in [-0.15, -0.1) is 0 Å². The molecule has 138 valence electrons. The number of sulfonamides is 1. The molecular formula is C18H26N2O4S. The highest BCUT2D eigenvalue weighted by atomic mass is 32.2. The number of piperidine rings is 1. The maximum Gasteiger partial charge on any atom is 0.222 e. The summed E-state index contributed by atoms with van der Waals surface area (Å²) < 4.78 is 25.2. The lowest BCUT2D eigenvalue weighted by atomic mass is 9.74. The molecule has 3 rings (SSSR count). The van der Waals surface area contributed by atoms with E-state index in [1.807, 2.05) is 30.3 Å². The van der Waals surface area contributed by atoms with Gasteiger partial charge in [-0.25, -0.2) is 12.7 Å². The summed E-state index contributed by atoms with van der Waals surface area (Å²) in [6.45, 7) is 1.73. The first-order chi connectivity index (χ1) is 11.8. The molecule has 1 aromatic rings. The lowest BCUT2D eigenvalue weighted by molar-refractivity contribution is -0.136. The van der Waals surface area contributed by atoms with Gasteiger partial charge < -0.3 is 10.0 Å². The standard InChI is InChI=1S/C18H26N2O4S/c1-25(23,24)20-11-16-9-10-19(12-18(16,13-20)14-21)17(22)8-7-15-5-3-2-4-6-15/h2-6,16,21H,7-14H2,1H3/t16-,18+/m1/s1. The number of aliphatic hydroxyl groups is 1. The van der Waals surface area contributed by atoms with Crippen LogP contribution in [0.4, 0.5) is 0 Å². The molecule has 2 aliphatic heterocycles. The zero-order valence-electron chi connectivity index (χ0n) is 14.6. The van der Waals surface area contributed by atoms with Gasteiger partial charge in [0.15, 0.2) is 0 Å². The monoisotopic (exact) mass is 366 g/mol. The van der Waals surface area contributed by atoms with Crippen LogP contribution in [0.1, 0.15) is 18.4 Å². The number of hydrogen-bond acceptors (Lipinski definition) is 4. The second-order valence-electron chi connectivity index (χ2n) is 7.36. The number of likely N-dealkylation sites (tertiary alicyclic amines) is 1. The number of fused-ring (bicyclic) bond motifs is 1. The fraction of sp³-hybridized carbons (Fsp3) is 0.611. The van der Waals surface area contributed by atoms with E-state index in [9.17, 15) is 18.3 Å². The minimum absolute atomic E-state index is 0.0768. The Hall–Kier alpha value is -1.44. The molecule has 2 aliphatic rings. The summed E-state index contributed by atoms with van der Waals surface area (Å²) in [5, 5.41) is 9.98. The number of amides is 1. The maximum atomic E-state index is 12.6. The van der Waals surface area contributed by atoms with Gasteiger partial charge in [-0.1, -0.05) is 30.3 Å². The Bertz CT molecular complexity index is 722. The molecule has 0 bridgehead atoms. The average Bonchev–Trinajstić information content (AvgIpc) is 3.00. The number of nitrogens with zero attached hydrogens (tertiary/aromatic N) is 2. The first-order valence-electron chi connectivity index (χ1n) is 8.72. The molecule has 2 heterocycles. The summed E-state index contributed by atoms with van der Waals surface area (Å²) in [5.74, 6) is 0.193. The third-order valence-electron chi connectivity index (χ3n) is 5.64. The van der Waals surface area contributed by atoms with Gasteiger partial charge in [0.25, 0.3) is 0 Å². The summed E-state index contributed by atoms with van der Waals surface area (Å²) in [6.07, 6.45) is 3.08. The molecule has 0 radical (unpaired) electrons. The van der Waals surface area contributed by atoms with E-state index < -0.39 is 15.4 Å². The summed E-state index contributed by atoms with van der Waals surface area (Å²) in [5.41, 5.74) is 0.607.